The van der Waals surface area contributed by atoms with Gasteiger partial charge in [-0.1, -0.05) is 0 Å². The summed E-state index contributed by atoms with van der Waals surface area (Å²) in [5.74, 6) is -1.59. The molecule has 0 radical (unpaired) electrons. The lowest BCUT2D eigenvalue weighted by Gasteiger charge is -1.97. The van der Waals surface area contributed by atoms with Crippen molar-refractivity contribution in [2.75, 3.05) is 13.2 Å². The summed E-state index contributed by atoms with van der Waals surface area (Å²) in [6.07, 6.45) is 0. The second-order valence-corrected chi connectivity index (χ2v) is 2.37. The topological polar surface area (TPSA) is 154 Å². The fraction of sp³-hybridized carbons (Fsp3) is 0.286. The molecule has 8 nitrogen and oxygen atoms in total. The number of rotatable bonds is 2. The number of quaternary nitrogens is 1. The average molecular weight is 217 g/mol. The van der Waals surface area contributed by atoms with Gasteiger partial charge in [0.25, 0.3) is 5.56 Å². The van der Waals surface area contributed by atoms with Crippen LogP contribution in [-0.2, 0) is 0 Å². The van der Waals surface area contributed by atoms with E-state index in [1.54, 1.807) is 0 Å². The Bertz CT molecular complexity index is 391. The van der Waals surface area contributed by atoms with Crippen molar-refractivity contribution in [1.29, 1.82) is 0 Å². The lowest BCUT2D eigenvalue weighted by molar-refractivity contribution is -0.372. The quantitative estimate of drug-likeness (QED) is 0.394. The lowest BCUT2D eigenvalue weighted by atomic mass is 10.4. The number of hydrogen-bond acceptors (Lipinski definition) is 5. The fourth-order valence-electron chi connectivity index (χ4n) is 0.579. The lowest BCUT2D eigenvalue weighted by Crippen LogP contribution is -2.51. The Morgan fingerprint density at radius 2 is 2.00 bits per heavy atom. The minimum atomic E-state index is -1.59. The molecule has 0 aliphatic carbocycles. The number of aromatic carboxylic acids is 1. The molecule has 0 unspecified atom stereocenters. The maximum absolute atomic E-state index is 10.4. The van der Waals surface area contributed by atoms with E-state index in [2.05, 4.69) is 5.73 Å². The molecule has 1 rings (SSSR count). The third-order valence-electron chi connectivity index (χ3n) is 1.14. The van der Waals surface area contributed by atoms with Gasteiger partial charge in [-0.05, 0) is 0 Å². The molecule has 8 heteroatoms. The van der Waals surface area contributed by atoms with Crippen LogP contribution in [-0.4, -0.2) is 34.2 Å². The molecular formula is C7H11N3O5. The molecule has 0 aliphatic rings. The van der Waals surface area contributed by atoms with E-state index < -0.39 is 22.9 Å². The van der Waals surface area contributed by atoms with E-state index in [-0.39, 0.29) is 6.61 Å². The van der Waals surface area contributed by atoms with Gasteiger partial charge >= 0.3 is 5.69 Å². The third kappa shape index (κ3) is 5.39. The Labute approximate surface area is 83.4 Å². The van der Waals surface area contributed by atoms with E-state index in [0.717, 1.165) is 6.07 Å². The molecule has 0 bridgehead atoms. The first-order chi connectivity index (χ1) is 7.01. The van der Waals surface area contributed by atoms with Gasteiger partial charge in [0.2, 0.25) is 0 Å². The zero-order chi connectivity index (χ0) is 11.8. The molecule has 1 aromatic rings. The molecule has 0 saturated carbocycles. The zero-order valence-corrected chi connectivity index (χ0v) is 7.78. The number of hydrogen-bond donors (Lipinski definition) is 4. The van der Waals surface area contributed by atoms with Crippen LogP contribution in [0.2, 0.25) is 0 Å². The fourth-order valence-corrected chi connectivity index (χ4v) is 0.579. The number of nitrogens with one attached hydrogen (secondary N) is 2. The summed E-state index contributed by atoms with van der Waals surface area (Å²) in [6, 6.07) is 0.733. The van der Waals surface area contributed by atoms with Crippen molar-refractivity contribution in [2.45, 2.75) is 0 Å². The maximum Gasteiger partial charge on any atom is 0.326 e. The molecule has 15 heavy (non-hydrogen) atoms. The number of aromatic amines is 2. The Morgan fingerprint density at radius 1 is 1.47 bits per heavy atom. The number of aromatic nitrogens is 2. The van der Waals surface area contributed by atoms with E-state index in [1.165, 1.54) is 0 Å². The number of carbonyl (C=O) groups is 1. The smallest absolute Gasteiger partial charge is 0.326 e. The molecule has 0 atom stereocenters. The summed E-state index contributed by atoms with van der Waals surface area (Å²) >= 11 is 0. The third-order valence-corrected chi connectivity index (χ3v) is 1.14. The molecule has 6 N–H and O–H groups in total. The maximum atomic E-state index is 10.4. The Morgan fingerprint density at radius 3 is 2.33 bits per heavy atom. The van der Waals surface area contributed by atoms with Crippen LogP contribution in [0, 0.1) is 0 Å². The molecule has 0 aliphatic heterocycles. The van der Waals surface area contributed by atoms with Gasteiger partial charge in [0, 0.05) is 6.07 Å². The molecule has 0 aromatic carbocycles. The highest BCUT2D eigenvalue weighted by Gasteiger charge is 1.95. The van der Waals surface area contributed by atoms with E-state index in [9.17, 15) is 19.5 Å². The van der Waals surface area contributed by atoms with Gasteiger partial charge in [0.15, 0.2) is 0 Å². The van der Waals surface area contributed by atoms with Gasteiger partial charge in [0.1, 0.15) is 0 Å². The van der Waals surface area contributed by atoms with Crippen molar-refractivity contribution < 1.29 is 20.7 Å². The Hall–Kier alpha value is -1.93. The monoisotopic (exact) mass is 217 g/mol. The van der Waals surface area contributed by atoms with Crippen molar-refractivity contribution in [3.63, 3.8) is 0 Å². The normalized spacial score (nSPS) is 8.93. The first kappa shape index (κ1) is 13.1. The molecule has 0 fully saturated rings. The summed E-state index contributed by atoms with van der Waals surface area (Å²) in [6.45, 7) is 0.833. The summed E-state index contributed by atoms with van der Waals surface area (Å²) < 4.78 is 0. The van der Waals surface area contributed by atoms with Crippen molar-refractivity contribution in [1.82, 2.24) is 9.97 Å². The van der Waals surface area contributed by atoms with Crippen molar-refractivity contribution in [2.24, 2.45) is 0 Å². The van der Waals surface area contributed by atoms with Gasteiger partial charge in [0.05, 0.1) is 24.8 Å². The van der Waals surface area contributed by atoms with Crippen molar-refractivity contribution in [3.05, 3.63) is 32.6 Å². The largest absolute Gasteiger partial charge is 0.543 e. The predicted octanol–water partition coefficient (Wildman–Crippen LogP) is -4.35. The molecule has 0 spiro atoms. The highest BCUT2D eigenvalue weighted by atomic mass is 16.4. The number of H-pyrrole nitrogens is 2. The molecule has 0 amide bonds. The Kier molecular flexibility index (Phi) is 5.67. The number of carboxylic acids is 1. The van der Waals surface area contributed by atoms with Crippen LogP contribution < -0.4 is 22.1 Å². The van der Waals surface area contributed by atoms with E-state index in [0.29, 0.717) is 6.54 Å². The molecule has 0 saturated heterocycles. The van der Waals surface area contributed by atoms with E-state index in [1.807, 2.05) is 9.97 Å². The summed E-state index contributed by atoms with van der Waals surface area (Å²) in [5, 5.41) is 17.9. The number of aliphatic hydroxyl groups is 1. The second kappa shape index (κ2) is 6.51. The summed E-state index contributed by atoms with van der Waals surface area (Å²) in [5.41, 5.74) is 1.19. The highest BCUT2D eigenvalue weighted by Crippen LogP contribution is 1.78. The van der Waals surface area contributed by atoms with Crippen LogP contribution in [0.5, 0.6) is 0 Å². The van der Waals surface area contributed by atoms with Gasteiger partial charge in [-0.3, -0.25) is 9.78 Å². The first-order valence-corrected chi connectivity index (χ1v) is 3.96. The first-order valence-electron chi connectivity index (χ1n) is 3.96. The van der Waals surface area contributed by atoms with Gasteiger partial charge in [-0.2, -0.15) is 0 Å². The van der Waals surface area contributed by atoms with E-state index >= 15 is 0 Å². The molecule has 84 valence electrons. The molecule has 1 aromatic heterocycles. The second-order valence-electron chi connectivity index (χ2n) is 2.37. The molecular weight excluding hydrogens is 206 g/mol. The van der Waals surface area contributed by atoms with Crippen LogP contribution in [0.25, 0.3) is 0 Å². The Balaban J connectivity index is 0.000000423. The highest BCUT2D eigenvalue weighted by molar-refractivity contribution is 5.82. The van der Waals surface area contributed by atoms with Crippen molar-refractivity contribution in [3.8, 4) is 0 Å². The van der Waals surface area contributed by atoms with Crippen LogP contribution >= 0.6 is 0 Å². The van der Waals surface area contributed by atoms with Crippen molar-refractivity contribution >= 4 is 5.97 Å². The van der Waals surface area contributed by atoms with Gasteiger partial charge in [-0.15, -0.1) is 0 Å². The molecule has 1 heterocycles. The number of carboxylic acid groups (broad SMARTS) is 1. The number of carbonyl (C=O) groups excluding carboxylic acids is 1. The van der Waals surface area contributed by atoms with Gasteiger partial charge in [-0.25, -0.2) is 4.79 Å². The van der Waals surface area contributed by atoms with Crippen LogP contribution in [0.15, 0.2) is 15.7 Å². The number of aliphatic hydroxyl groups excluding tert-OH is 1. The summed E-state index contributed by atoms with van der Waals surface area (Å²) in [7, 11) is 0. The SMILES string of the molecule is O=C([O-])c1cc(=O)[nH]c(=O)[nH]1.[NH3+]CCO. The minimum absolute atomic E-state index is 0.208. The minimum Gasteiger partial charge on any atom is -0.543 e. The zero-order valence-electron chi connectivity index (χ0n) is 7.78. The van der Waals surface area contributed by atoms with Crippen LogP contribution in [0.4, 0.5) is 0 Å². The van der Waals surface area contributed by atoms with Gasteiger partial charge < -0.3 is 25.7 Å². The van der Waals surface area contributed by atoms with Crippen LogP contribution in [0.3, 0.4) is 0 Å². The average Bonchev–Trinajstić information content (AvgIpc) is 2.16. The predicted molar refractivity (Wildman–Crippen MR) is 46.9 cm³/mol. The van der Waals surface area contributed by atoms with Crippen LogP contribution in [0.1, 0.15) is 10.5 Å². The standard InChI is InChI=1S/C5H4N2O4.C2H7NO/c8-3-1-2(4(9)10)6-5(11)7-3;3-1-2-4/h1H,(H,9,10)(H2,6,7,8,11);4H,1-3H2. The summed E-state index contributed by atoms with van der Waals surface area (Å²) in [4.78, 5) is 34.6. The van der Waals surface area contributed by atoms with E-state index in [4.69, 9.17) is 5.11 Å².